The summed E-state index contributed by atoms with van der Waals surface area (Å²) < 4.78 is 0. The van der Waals surface area contributed by atoms with Crippen molar-refractivity contribution in [2.75, 3.05) is 38.3 Å². The molecule has 2 N–H and O–H groups in total. The van der Waals surface area contributed by atoms with E-state index in [9.17, 15) is 0 Å². The minimum atomic E-state index is 0.355. The highest BCUT2D eigenvalue weighted by Crippen LogP contribution is 2.13. The summed E-state index contributed by atoms with van der Waals surface area (Å²) in [5, 5.41) is 6.32. The molecule has 5 heteroatoms. The molecule has 0 amide bonds. The zero-order chi connectivity index (χ0) is 12.1. The molecule has 0 radical (unpaired) electrons. The van der Waals surface area contributed by atoms with Crippen LogP contribution in [0, 0.1) is 6.92 Å². The summed E-state index contributed by atoms with van der Waals surface area (Å²) in [6, 6.07) is 0.355. The van der Waals surface area contributed by atoms with Gasteiger partial charge in [0, 0.05) is 31.4 Å². The number of hydrogen-bond acceptors (Lipinski definition) is 5. The minimum absolute atomic E-state index is 0.355. The highest BCUT2D eigenvalue weighted by molar-refractivity contribution is 5.46. The van der Waals surface area contributed by atoms with E-state index in [4.69, 9.17) is 0 Å². The van der Waals surface area contributed by atoms with E-state index in [-0.39, 0.29) is 0 Å². The molecule has 0 aliphatic heterocycles. The van der Waals surface area contributed by atoms with E-state index in [0.717, 1.165) is 17.9 Å². The lowest BCUT2D eigenvalue weighted by Gasteiger charge is -2.19. The maximum absolute atomic E-state index is 4.39. The number of nitrogens with one attached hydrogen (secondary N) is 2. The van der Waals surface area contributed by atoms with Crippen LogP contribution in [-0.2, 0) is 0 Å². The van der Waals surface area contributed by atoms with Crippen molar-refractivity contribution in [1.29, 1.82) is 0 Å². The fourth-order valence-electron chi connectivity index (χ4n) is 1.54. The van der Waals surface area contributed by atoms with Crippen molar-refractivity contribution in [3.05, 3.63) is 11.8 Å². The average molecular weight is 223 g/mol. The number of hydrogen-bond donors (Lipinski definition) is 2. The van der Waals surface area contributed by atoms with Crippen molar-refractivity contribution in [2.24, 2.45) is 0 Å². The Balaban J connectivity index is 2.71. The van der Waals surface area contributed by atoms with E-state index in [1.54, 1.807) is 0 Å². The Bertz CT molecular complexity index is 337. The van der Waals surface area contributed by atoms with E-state index in [1.807, 2.05) is 20.2 Å². The summed E-state index contributed by atoms with van der Waals surface area (Å²) in [5.41, 5.74) is 1.06. The summed E-state index contributed by atoms with van der Waals surface area (Å²) in [4.78, 5) is 10.7. The summed E-state index contributed by atoms with van der Waals surface area (Å²) in [5.74, 6) is 1.54. The van der Waals surface area contributed by atoms with Gasteiger partial charge in [-0.05, 0) is 27.9 Å². The molecule has 1 rings (SSSR count). The molecule has 16 heavy (non-hydrogen) atoms. The highest BCUT2D eigenvalue weighted by atomic mass is 15.2. The Morgan fingerprint density at radius 1 is 1.44 bits per heavy atom. The lowest BCUT2D eigenvalue weighted by atomic mass is 10.3. The van der Waals surface area contributed by atoms with Crippen LogP contribution in [0.2, 0.25) is 0 Å². The second kappa shape index (κ2) is 5.65. The first-order valence-electron chi connectivity index (χ1n) is 5.45. The molecule has 0 fully saturated rings. The Morgan fingerprint density at radius 2 is 2.12 bits per heavy atom. The van der Waals surface area contributed by atoms with Crippen LogP contribution in [0.25, 0.3) is 0 Å². The fraction of sp³-hybridized carbons (Fsp3) is 0.636. The smallest absolute Gasteiger partial charge is 0.224 e. The molecule has 1 aromatic rings. The van der Waals surface area contributed by atoms with Crippen LogP contribution in [0.4, 0.5) is 11.8 Å². The minimum Gasteiger partial charge on any atom is -0.366 e. The van der Waals surface area contributed by atoms with Crippen molar-refractivity contribution in [1.82, 2.24) is 14.9 Å². The first-order chi connectivity index (χ1) is 7.52. The van der Waals surface area contributed by atoms with E-state index in [0.29, 0.717) is 12.0 Å². The molecular weight excluding hydrogens is 202 g/mol. The third kappa shape index (κ3) is 3.66. The van der Waals surface area contributed by atoms with Crippen LogP contribution in [0.1, 0.15) is 12.5 Å². The molecule has 0 aliphatic carbocycles. The lowest BCUT2D eigenvalue weighted by Crippen LogP contribution is -2.30. The van der Waals surface area contributed by atoms with Crippen LogP contribution in [0.3, 0.4) is 0 Å². The Hall–Kier alpha value is -1.36. The molecule has 0 bridgehead atoms. The molecule has 0 aliphatic rings. The van der Waals surface area contributed by atoms with Gasteiger partial charge in [-0.1, -0.05) is 0 Å². The number of nitrogens with zero attached hydrogens (tertiary/aromatic N) is 3. The summed E-state index contributed by atoms with van der Waals surface area (Å²) in [6.07, 6.45) is 1.82. The Morgan fingerprint density at radius 3 is 2.69 bits per heavy atom. The number of aromatic nitrogens is 2. The van der Waals surface area contributed by atoms with Crippen LogP contribution < -0.4 is 10.6 Å². The van der Waals surface area contributed by atoms with Crippen molar-refractivity contribution in [3.63, 3.8) is 0 Å². The SMILES string of the molecule is CNc1ncc(C)c(NC(C)CN(C)C)n1. The highest BCUT2D eigenvalue weighted by Gasteiger charge is 2.07. The van der Waals surface area contributed by atoms with Gasteiger partial charge in [-0.25, -0.2) is 4.98 Å². The van der Waals surface area contributed by atoms with E-state index in [1.165, 1.54) is 0 Å². The molecule has 0 aromatic carbocycles. The van der Waals surface area contributed by atoms with Gasteiger partial charge in [0.15, 0.2) is 0 Å². The molecule has 90 valence electrons. The predicted molar refractivity (Wildman–Crippen MR) is 68.0 cm³/mol. The van der Waals surface area contributed by atoms with Gasteiger partial charge in [-0.15, -0.1) is 0 Å². The summed E-state index contributed by atoms with van der Waals surface area (Å²) in [7, 11) is 5.94. The van der Waals surface area contributed by atoms with Gasteiger partial charge < -0.3 is 15.5 Å². The van der Waals surface area contributed by atoms with E-state index >= 15 is 0 Å². The average Bonchev–Trinajstić information content (AvgIpc) is 2.20. The normalized spacial score (nSPS) is 12.6. The molecule has 1 heterocycles. The predicted octanol–water partition coefficient (Wildman–Crippen LogP) is 1.19. The summed E-state index contributed by atoms with van der Waals surface area (Å²) in [6.45, 7) is 5.11. The first kappa shape index (κ1) is 12.7. The van der Waals surface area contributed by atoms with Gasteiger partial charge in [0.2, 0.25) is 5.95 Å². The zero-order valence-electron chi connectivity index (χ0n) is 10.7. The third-order valence-corrected chi connectivity index (χ3v) is 2.22. The molecule has 1 atom stereocenters. The first-order valence-corrected chi connectivity index (χ1v) is 5.45. The van der Waals surface area contributed by atoms with Gasteiger partial charge in [-0.3, -0.25) is 0 Å². The van der Waals surface area contributed by atoms with Crippen LogP contribution in [0.5, 0.6) is 0 Å². The number of likely N-dealkylation sites (N-methyl/N-ethyl adjacent to an activating group) is 1. The van der Waals surface area contributed by atoms with Gasteiger partial charge in [0.05, 0.1) is 0 Å². The number of rotatable bonds is 5. The summed E-state index contributed by atoms with van der Waals surface area (Å²) >= 11 is 0. The number of anilines is 2. The Kier molecular flexibility index (Phi) is 4.49. The maximum atomic E-state index is 4.39. The topological polar surface area (TPSA) is 53.1 Å². The molecule has 1 unspecified atom stereocenters. The monoisotopic (exact) mass is 223 g/mol. The fourth-order valence-corrected chi connectivity index (χ4v) is 1.54. The van der Waals surface area contributed by atoms with Crippen molar-refractivity contribution in [2.45, 2.75) is 19.9 Å². The number of aryl methyl sites for hydroxylation is 1. The van der Waals surface area contributed by atoms with E-state index < -0.39 is 0 Å². The van der Waals surface area contributed by atoms with Gasteiger partial charge in [-0.2, -0.15) is 4.98 Å². The van der Waals surface area contributed by atoms with Crippen molar-refractivity contribution in [3.8, 4) is 0 Å². The quantitative estimate of drug-likeness (QED) is 0.785. The van der Waals surface area contributed by atoms with Gasteiger partial charge in [0.25, 0.3) is 0 Å². The Labute approximate surface area is 97.3 Å². The van der Waals surface area contributed by atoms with Gasteiger partial charge in [0.1, 0.15) is 5.82 Å². The van der Waals surface area contributed by atoms with E-state index in [2.05, 4.69) is 46.5 Å². The molecule has 5 nitrogen and oxygen atoms in total. The zero-order valence-corrected chi connectivity index (χ0v) is 10.7. The second-order valence-electron chi connectivity index (χ2n) is 4.28. The van der Waals surface area contributed by atoms with Gasteiger partial charge >= 0.3 is 0 Å². The molecule has 0 saturated carbocycles. The standard InChI is InChI=1S/C11H21N5/c1-8-6-13-11(12-3)15-10(8)14-9(2)7-16(4)5/h6,9H,7H2,1-5H3,(H2,12,13,14,15). The maximum Gasteiger partial charge on any atom is 0.224 e. The molecular formula is C11H21N5. The van der Waals surface area contributed by atoms with Crippen LogP contribution in [-0.4, -0.2) is 48.6 Å². The largest absolute Gasteiger partial charge is 0.366 e. The third-order valence-electron chi connectivity index (χ3n) is 2.22. The molecule has 0 saturated heterocycles. The second-order valence-corrected chi connectivity index (χ2v) is 4.28. The van der Waals surface area contributed by atoms with Crippen LogP contribution in [0.15, 0.2) is 6.20 Å². The van der Waals surface area contributed by atoms with Crippen LogP contribution >= 0.6 is 0 Å². The lowest BCUT2D eigenvalue weighted by molar-refractivity contribution is 0.392. The van der Waals surface area contributed by atoms with Crippen molar-refractivity contribution < 1.29 is 0 Å². The molecule has 1 aromatic heterocycles. The van der Waals surface area contributed by atoms with Crippen molar-refractivity contribution >= 4 is 11.8 Å². The molecule has 0 spiro atoms.